The number of ether oxygens (including phenoxy) is 2. The van der Waals surface area contributed by atoms with Gasteiger partial charge in [-0.15, -0.1) is 0 Å². The van der Waals surface area contributed by atoms with E-state index in [2.05, 4.69) is 29.1 Å². The monoisotopic (exact) mass is 432 g/mol. The highest BCUT2D eigenvalue weighted by Gasteiger charge is 2.22. The summed E-state index contributed by atoms with van der Waals surface area (Å²) in [5.74, 6) is 2.25. The van der Waals surface area contributed by atoms with E-state index in [1.54, 1.807) is 19.2 Å². The molecule has 1 saturated heterocycles. The number of aromatic hydroxyl groups is 1. The number of H-pyrrole nitrogens is 1. The summed E-state index contributed by atoms with van der Waals surface area (Å²) >= 11 is 0. The molecule has 0 bridgehead atoms. The lowest BCUT2D eigenvalue weighted by molar-refractivity contribution is 0.157. The third-order valence-corrected chi connectivity index (χ3v) is 6.51. The molecule has 2 aromatic carbocycles. The number of hydrogen-bond donors (Lipinski definition) is 2. The highest BCUT2D eigenvalue weighted by molar-refractivity contribution is 6.12. The summed E-state index contributed by atoms with van der Waals surface area (Å²) in [7, 11) is 3.84. The van der Waals surface area contributed by atoms with Crippen LogP contribution in [0.15, 0.2) is 36.5 Å². The van der Waals surface area contributed by atoms with E-state index in [0.29, 0.717) is 18.3 Å². The molecule has 0 atom stereocenters. The van der Waals surface area contributed by atoms with Gasteiger partial charge in [0.05, 0.1) is 25.6 Å². The minimum absolute atomic E-state index is 0.221. The molecule has 0 saturated carbocycles. The van der Waals surface area contributed by atoms with Crippen LogP contribution in [0.3, 0.4) is 0 Å². The maximum Gasteiger partial charge on any atom is 0.164 e. The molecule has 32 heavy (non-hydrogen) atoms. The summed E-state index contributed by atoms with van der Waals surface area (Å²) < 4.78 is 12.2. The minimum Gasteiger partial charge on any atom is -0.508 e. The average Bonchev–Trinajstić information content (AvgIpc) is 3.27. The van der Waals surface area contributed by atoms with Crippen molar-refractivity contribution in [2.45, 2.75) is 19.8 Å². The fourth-order valence-electron chi connectivity index (χ4n) is 4.62. The number of nitrogens with zero attached hydrogens (tertiary/aromatic N) is 3. The standard InChI is InChI=1S/C25H28N4O3/c1-15-22-19(12-21(31-3)24(15)32-14-16-8-10-29(2)11-9-16)23(17-4-6-18(30)7-5-17)27-25-20(22)13-26-28-25/h4-7,12-13,16,30H,8-11,14H2,1-3H3,(H,26,27,28). The van der Waals surface area contributed by atoms with Crippen molar-refractivity contribution in [1.82, 2.24) is 20.1 Å². The van der Waals surface area contributed by atoms with E-state index in [4.69, 9.17) is 14.5 Å². The van der Waals surface area contributed by atoms with Gasteiger partial charge in [0, 0.05) is 27.3 Å². The van der Waals surface area contributed by atoms with Crippen LogP contribution in [0.4, 0.5) is 0 Å². The maximum atomic E-state index is 9.72. The van der Waals surface area contributed by atoms with Gasteiger partial charge in [-0.3, -0.25) is 5.10 Å². The zero-order valence-corrected chi connectivity index (χ0v) is 18.7. The van der Waals surface area contributed by atoms with Gasteiger partial charge in [0.2, 0.25) is 0 Å². The van der Waals surface area contributed by atoms with E-state index >= 15 is 0 Å². The summed E-state index contributed by atoms with van der Waals surface area (Å²) in [5, 5.41) is 19.9. The molecule has 0 spiro atoms. The lowest BCUT2D eigenvalue weighted by Crippen LogP contribution is -2.32. The van der Waals surface area contributed by atoms with Crippen LogP contribution >= 0.6 is 0 Å². The first-order valence-corrected chi connectivity index (χ1v) is 11.0. The third-order valence-electron chi connectivity index (χ3n) is 6.51. The largest absolute Gasteiger partial charge is 0.508 e. The van der Waals surface area contributed by atoms with Gasteiger partial charge in [0.15, 0.2) is 17.1 Å². The van der Waals surface area contributed by atoms with Crippen molar-refractivity contribution in [3.05, 3.63) is 42.1 Å². The topological polar surface area (TPSA) is 83.5 Å². The number of benzene rings is 2. The highest BCUT2D eigenvalue weighted by atomic mass is 16.5. The second-order valence-electron chi connectivity index (χ2n) is 8.65. The number of fused-ring (bicyclic) bond motifs is 3. The molecule has 5 rings (SSSR count). The van der Waals surface area contributed by atoms with E-state index < -0.39 is 0 Å². The summed E-state index contributed by atoms with van der Waals surface area (Å²) in [5.41, 5.74) is 3.45. The lowest BCUT2D eigenvalue weighted by Gasteiger charge is -2.29. The molecular weight excluding hydrogens is 404 g/mol. The van der Waals surface area contributed by atoms with Gasteiger partial charge in [-0.1, -0.05) is 0 Å². The molecule has 0 amide bonds. The van der Waals surface area contributed by atoms with Gasteiger partial charge in [-0.2, -0.15) is 5.10 Å². The Morgan fingerprint density at radius 1 is 1.16 bits per heavy atom. The van der Waals surface area contributed by atoms with Crippen molar-refractivity contribution in [2.75, 3.05) is 33.9 Å². The number of likely N-dealkylation sites (tertiary alicyclic amines) is 1. The van der Waals surface area contributed by atoms with Gasteiger partial charge in [-0.05, 0) is 76.2 Å². The van der Waals surface area contributed by atoms with Gasteiger partial charge >= 0.3 is 0 Å². The van der Waals surface area contributed by atoms with E-state index in [1.807, 2.05) is 24.4 Å². The van der Waals surface area contributed by atoms with E-state index in [-0.39, 0.29) is 5.75 Å². The molecule has 166 valence electrons. The predicted molar refractivity (Wildman–Crippen MR) is 126 cm³/mol. The normalized spacial score (nSPS) is 15.5. The molecule has 0 aliphatic carbocycles. The molecule has 3 heterocycles. The van der Waals surface area contributed by atoms with Gasteiger partial charge < -0.3 is 19.5 Å². The van der Waals surface area contributed by atoms with Gasteiger partial charge in [-0.25, -0.2) is 4.98 Å². The fraction of sp³-hybridized carbons (Fsp3) is 0.360. The zero-order valence-electron chi connectivity index (χ0n) is 18.7. The second-order valence-corrected chi connectivity index (χ2v) is 8.65. The summed E-state index contributed by atoms with van der Waals surface area (Å²) in [6.07, 6.45) is 4.10. The first-order valence-electron chi connectivity index (χ1n) is 11.0. The molecule has 4 aromatic rings. The summed E-state index contributed by atoms with van der Waals surface area (Å²) in [6, 6.07) is 9.08. The quantitative estimate of drug-likeness (QED) is 0.482. The van der Waals surface area contributed by atoms with E-state index in [1.165, 1.54) is 0 Å². The number of pyridine rings is 1. The van der Waals surface area contributed by atoms with Crippen LogP contribution in [0.1, 0.15) is 18.4 Å². The first-order chi connectivity index (χ1) is 15.5. The molecular formula is C25H28N4O3. The number of aromatic nitrogens is 3. The Bertz CT molecular complexity index is 1260. The average molecular weight is 433 g/mol. The molecule has 7 nitrogen and oxygen atoms in total. The molecule has 0 radical (unpaired) electrons. The number of phenols is 1. The van der Waals surface area contributed by atoms with Crippen LogP contribution in [-0.4, -0.2) is 59.0 Å². The second kappa shape index (κ2) is 8.31. The van der Waals surface area contributed by atoms with Crippen LogP contribution in [0.25, 0.3) is 33.1 Å². The number of methoxy groups -OCH3 is 1. The number of rotatable bonds is 5. The van der Waals surface area contributed by atoms with Crippen LogP contribution in [0.2, 0.25) is 0 Å². The summed E-state index contributed by atoms with van der Waals surface area (Å²) in [4.78, 5) is 7.20. The number of piperidine rings is 1. The van der Waals surface area contributed by atoms with Crippen LogP contribution in [0, 0.1) is 12.8 Å². The smallest absolute Gasteiger partial charge is 0.164 e. The van der Waals surface area contributed by atoms with Crippen molar-refractivity contribution in [3.8, 4) is 28.5 Å². The Labute approximate surface area is 187 Å². The predicted octanol–water partition coefficient (Wildman–Crippen LogP) is 4.52. The number of phenolic OH excluding ortho intramolecular Hbond substituents is 1. The molecule has 7 heteroatoms. The van der Waals surface area contributed by atoms with E-state index in [9.17, 15) is 5.11 Å². The molecule has 1 aliphatic rings. The Balaban J connectivity index is 1.63. The van der Waals surface area contributed by atoms with Crippen molar-refractivity contribution in [1.29, 1.82) is 0 Å². The number of nitrogens with one attached hydrogen (secondary N) is 1. The third kappa shape index (κ3) is 3.62. The maximum absolute atomic E-state index is 9.72. The van der Waals surface area contributed by atoms with Crippen molar-refractivity contribution in [2.24, 2.45) is 5.92 Å². The van der Waals surface area contributed by atoms with Crippen molar-refractivity contribution in [3.63, 3.8) is 0 Å². The highest BCUT2D eigenvalue weighted by Crippen LogP contribution is 2.43. The Hall–Kier alpha value is -3.32. The molecule has 1 fully saturated rings. The Morgan fingerprint density at radius 3 is 2.62 bits per heavy atom. The van der Waals surface area contributed by atoms with Crippen molar-refractivity contribution >= 4 is 21.8 Å². The molecule has 1 aliphatic heterocycles. The van der Waals surface area contributed by atoms with Gasteiger partial charge in [0.25, 0.3) is 0 Å². The van der Waals surface area contributed by atoms with Crippen molar-refractivity contribution < 1.29 is 14.6 Å². The Morgan fingerprint density at radius 2 is 1.91 bits per heavy atom. The number of hydrogen-bond acceptors (Lipinski definition) is 6. The fourth-order valence-corrected chi connectivity index (χ4v) is 4.62. The molecule has 0 unspecified atom stereocenters. The zero-order chi connectivity index (χ0) is 22.2. The molecule has 2 aromatic heterocycles. The van der Waals surface area contributed by atoms with Crippen LogP contribution < -0.4 is 9.47 Å². The lowest BCUT2D eigenvalue weighted by atomic mass is 9.96. The Kier molecular flexibility index (Phi) is 5.35. The molecule has 2 N–H and O–H groups in total. The van der Waals surface area contributed by atoms with E-state index in [0.717, 1.165) is 70.3 Å². The summed E-state index contributed by atoms with van der Waals surface area (Å²) in [6.45, 7) is 4.97. The van der Waals surface area contributed by atoms with Crippen LogP contribution in [0.5, 0.6) is 17.2 Å². The SMILES string of the molecule is COc1cc2c(-c3ccc(O)cc3)nc3[nH]ncc3c2c(C)c1OCC1CCN(C)CC1. The number of aromatic amines is 1. The first kappa shape index (κ1) is 20.6. The van der Waals surface area contributed by atoms with Gasteiger partial charge in [0.1, 0.15) is 5.75 Å². The number of aryl methyl sites for hydroxylation is 1. The minimum atomic E-state index is 0.221. The van der Waals surface area contributed by atoms with Crippen LogP contribution in [-0.2, 0) is 0 Å².